The Bertz CT molecular complexity index is 1070. The standard InChI is InChI=1S/C13H17N9O6S2/c1-15-2-6-3-16-21(19-6)4-8-10(12(24)22(8)30(26,27)28)18-11(23)9(20-25)7-5-29-13(14)17-7/h3,5,8-10,15H,2,4H2,1H3,(H2,14,17)(H,18,23)(H,26,27,28). The second-order valence-corrected chi connectivity index (χ2v) is 8.38. The van der Waals surface area contributed by atoms with Crippen molar-refractivity contribution in [3.8, 4) is 0 Å². The maximum atomic E-state index is 12.5. The molecule has 3 atom stereocenters. The molecule has 0 bridgehead atoms. The van der Waals surface area contributed by atoms with Gasteiger partial charge in [0, 0.05) is 11.9 Å². The van der Waals surface area contributed by atoms with Gasteiger partial charge in [0.25, 0.3) is 11.8 Å². The molecule has 3 unspecified atom stereocenters. The molecule has 0 aliphatic carbocycles. The first-order valence-electron chi connectivity index (χ1n) is 8.33. The summed E-state index contributed by atoms with van der Waals surface area (Å²) >= 11 is 0.992. The number of amides is 2. The van der Waals surface area contributed by atoms with Crippen molar-refractivity contribution in [2.45, 2.75) is 31.2 Å². The Kier molecular flexibility index (Phi) is 6.06. The molecule has 3 heterocycles. The summed E-state index contributed by atoms with van der Waals surface area (Å²) in [6, 6.07) is -4.17. The van der Waals surface area contributed by atoms with Gasteiger partial charge in [0.2, 0.25) is 6.04 Å². The number of nitrogens with one attached hydrogen (secondary N) is 2. The van der Waals surface area contributed by atoms with E-state index in [1.807, 2.05) is 0 Å². The predicted molar refractivity (Wildman–Crippen MR) is 102 cm³/mol. The number of hydrogen-bond donors (Lipinski definition) is 4. The van der Waals surface area contributed by atoms with Crippen molar-refractivity contribution < 1.29 is 22.6 Å². The van der Waals surface area contributed by atoms with Crippen LogP contribution < -0.4 is 16.4 Å². The van der Waals surface area contributed by atoms with Crippen molar-refractivity contribution in [3.05, 3.63) is 27.9 Å². The molecular formula is C13H17N9O6S2. The molecular weight excluding hydrogens is 442 g/mol. The van der Waals surface area contributed by atoms with E-state index in [0.29, 0.717) is 12.2 Å². The summed E-state index contributed by atoms with van der Waals surface area (Å²) in [5, 5.41) is 17.4. The lowest BCUT2D eigenvalue weighted by molar-refractivity contribution is -0.146. The number of nitrogens with two attached hydrogens (primary N) is 1. The van der Waals surface area contributed by atoms with Gasteiger partial charge in [0.05, 0.1) is 24.1 Å². The van der Waals surface area contributed by atoms with Crippen LogP contribution in [0.15, 0.2) is 16.8 Å². The van der Waals surface area contributed by atoms with E-state index < -0.39 is 40.2 Å². The summed E-state index contributed by atoms with van der Waals surface area (Å²) in [6.07, 6.45) is 1.43. The van der Waals surface area contributed by atoms with Crippen LogP contribution in [-0.2, 0) is 33.0 Å². The minimum Gasteiger partial charge on any atom is -0.375 e. The molecule has 30 heavy (non-hydrogen) atoms. The van der Waals surface area contributed by atoms with Gasteiger partial charge in [-0.15, -0.1) is 16.2 Å². The largest absolute Gasteiger partial charge is 0.375 e. The molecule has 1 aliphatic rings. The van der Waals surface area contributed by atoms with E-state index in [1.165, 1.54) is 11.6 Å². The van der Waals surface area contributed by atoms with E-state index in [2.05, 4.69) is 31.0 Å². The smallest absolute Gasteiger partial charge is 0.362 e. The first-order valence-corrected chi connectivity index (χ1v) is 10.6. The third-order valence-corrected chi connectivity index (χ3v) is 5.82. The van der Waals surface area contributed by atoms with Gasteiger partial charge >= 0.3 is 10.3 Å². The van der Waals surface area contributed by atoms with Gasteiger partial charge in [-0.1, -0.05) is 0 Å². The fourth-order valence-electron chi connectivity index (χ4n) is 2.89. The number of rotatable bonds is 9. The summed E-state index contributed by atoms with van der Waals surface area (Å²) < 4.78 is 32.7. The van der Waals surface area contributed by atoms with Crippen molar-refractivity contribution >= 4 is 38.6 Å². The van der Waals surface area contributed by atoms with Gasteiger partial charge < -0.3 is 16.4 Å². The number of hydrogen-bond acceptors (Lipinski definition) is 12. The van der Waals surface area contributed by atoms with Gasteiger partial charge in [0.15, 0.2) is 5.13 Å². The molecule has 2 aromatic rings. The molecule has 2 amide bonds. The first-order chi connectivity index (χ1) is 14.2. The molecule has 1 aliphatic heterocycles. The molecule has 0 saturated carbocycles. The lowest BCUT2D eigenvalue weighted by atomic mass is 9.98. The minimum absolute atomic E-state index is 0.00888. The first kappa shape index (κ1) is 21.7. The lowest BCUT2D eigenvalue weighted by Gasteiger charge is -2.43. The van der Waals surface area contributed by atoms with Gasteiger partial charge in [-0.05, 0) is 12.2 Å². The van der Waals surface area contributed by atoms with Crippen LogP contribution in [-0.4, -0.2) is 68.2 Å². The zero-order valence-electron chi connectivity index (χ0n) is 15.4. The number of anilines is 1. The molecule has 0 spiro atoms. The van der Waals surface area contributed by atoms with Crippen molar-refractivity contribution in [1.29, 1.82) is 0 Å². The normalized spacial score (nSPS) is 19.9. The van der Waals surface area contributed by atoms with E-state index in [-0.39, 0.29) is 21.7 Å². The fraction of sp³-hybridized carbons (Fsp3) is 0.462. The van der Waals surface area contributed by atoms with E-state index in [0.717, 1.165) is 16.1 Å². The summed E-state index contributed by atoms with van der Waals surface area (Å²) in [6.45, 7) is 0.151. The highest BCUT2D eigenvalue weighted by molar-refractivity contribution is 7.84. The van der Waals surface area contributed by atoms with E-state index in [1.54, 1.807) is 7.05 Å². The molecule has 1 fully saturated rings. The van der Waals surface area contributed by atoms with Crippen molar-refractivity contribution in [3.63, 3.8) is 0 Å². The monoisotopic (exact) mass is 459 g/mol. The SMILES string of the molecule is CNCc1cnn(CC2C(NC(=O)C(N=O)c3csc(N)n3)C(=O)N2S(=O)(=O)O)n1. The van der Waals surface area contributed by atoms with Crippen LogP contribution in [0.1, 0.15) is 17.4 Å². The van der Waals surface area contributed by atoms with Crippen molar-refractivity contribution in [1.82, 2.24) is 34.9 Å². The average molecular weight is 459 g/mol. The molecule has 5 N–H and O–H groups in total. The van der Waals surface area contributed by atoms with Gasteiger partial charge in [0.1, 0.15) is 12.1 Å². The molecule has 3 rings (SSSR count). The minimum atomic E-state index is -4.89. The number of carbonyl (C=O) groups is 2. The van der Waals surface area contributed by atoms with Gasteiger partial charge in [-0.25, -0.2) is 9.29 Å². The quantitative estimate of drug-likeness (QED) is 0.183. The van der Waals surface area contributed by atoms with Crippen LogP contribution in [0, 0.1) is 4.91 Å². The number of aromatic nitrogens is 4. The van der Waals surface area contributed by atoms with Crippen LogP contribution in [0.3, 0.4) is 0 Å². The summed E-state index contributed by atoms with van der Waals surface area (Å²) in [7, 11) is -3.20. The Balaban J connectivity index is 1.79. The second-order valence-electron chi connectivity index (χ2n) is 6.21. The molecule has 2 aromatic heterocycles. The average Bonchev–Trinajstić information content (AvgIpc) is 3.28. The Morgan fingerprint density at radius 1 is 1.50 bits per heavy atom. The zero-order chi connectivity index (χ0) is 22.1. The van der Waals surface area contributed by atoms with Gasteiger partial charge in [-0.2, -0.15) is 23.4 Å². The van der Waals surface area contributed by atoms with E-state index in [9.17, 15) is 27.5 Å². The Labute approximate surface area is 173 Å². The number of nitrogens with zero attached hydrogens (tertiary/aromatic N) is 6. The topological polar surface area (TPSA) is 215 Å². The van der Waals surface area contributed by atoms with Crippen LogP contribution in [0.5, 0.6) is 0 Å². The summed E-state index contributed by atoms with van der Waals surface area (Å²) in [5.74, 6) is -2.06. The third kappa shape index (κ3) is 4.27. The van der Waals surface area contributed by atoms with Crippen LogP contribution in [0.25, 0.3) is 0 Å². The molecule has 0 radical (unpaired) electrons. The zero-order valence-corrected chi connectivity index (χ0v) is 17.0. The van der Waals surface area contributed by atoms with Crippen LogP contribution >= 0.6 is 11.3 Å². The van der Waals surface area contributed by atoms with E-state index in [4.69, 9.17) is 5.73 Å². The number of nitroso groups, excluding NO2 is 1. The second kappa shape index (κ2) is 8.38. The van der Waals surface area contributed by atoms with Crippen molar-refractivity contribution in [2.24, 2.45) is 5.18 Å². The van der Waals surface area contributed by atoms with Gasteiger partial charge in [-0.3, -0.25) is 14.1 Å². The lowest BCUT2D eigenvalue weighted by Crippen LogP contribution is -2.73. The maximum absolute atomic E-state index is 12.5. The molecule has 162 valence electrons. The molecule has 17 heteroatoms. The Morgan fingerprint density at radius 3 is 2.80 bits per heavy atom. The van der Waals surface area contributed by atoms with E-state index >= 15 is 0 Å². The molecule has 1 saturated heterocycles. The third-order valence-electron chi connectivity index (χ3n) is 4.18. The number of carbonyl (C=O) groups excluding carboxylic acids is 2. The maximum Gasteiger partial charge on any atom is 0.362 e. The number of β-lactam (4-membered cyclic amide) rings is 1. The summed E-state index contributed by atoms with van der Waals surface area (Å²) in [5.41, 5.74) is 6.03. The van der Waals surface area contributed by atoms with Crippen LogP contribution in [0.4, 0.5) is 5.13 Å². The number of thiazole rings is 1. The van der Waals surface area contributed by atoms with Crippen molar-refractivity contribution in [2.75, 3.05) is 12.8 Å². The Hall–Kier alpha value is -3.02. The Morgan fingerprint density at radius 2 is 2.23 bits per heavy atom. The highest BCUT2D eigenvalue weighted by atomic mass is 32.2. The molecule has 15 nitrogen and oxygen atoms in total. The fourth-order valence-corrected chi connectivity index (χ4v) is 4.34. The van der Waals surface area contributed by atoms with Crippen LogP contribution in [0.2, 0.25) is 0 Å². The molecule has 0 aromatic carbocycles. The highest BCUT2D eigenvalue weighted by Crippen LogP contribution is 2.27. The predicted octanol–water partition coefficient (Wildman–Crippen LogP) is -1.96. The number of nitrogen functional groups attached to an aromatic ring is 1. The summed E-state index contributed by atoms with van der Waals surface area (Å²) in [4.78, 5) is 40.8. The highest BCUT2D eigenvalue weighted by Gasteiger charge is 2.54.